The highest BCUT2D eigenvalue weighted by atomic mass is 16.5. The molecule has 4 rings (SSSR count). The van der Waals surface area contributed by atoms with Crippen LogP contribution in [-0.2, 0) is 18.3 Å². The van der Waals surface area contributed by atoms with Crippen LogP contribution in [-0.4, -0.2) is 58.1 Å². The molecule has 3 aromatic rings. The Morgan fingerprint density at radius 3 is 2.62 bits per heavy atom. The van der Waals surface area contributed by atoms with Crippen LogP contribution in [0.5, 0.6) is 0 Å². The standard InChI is InChI=1S/C22H30N6O/c1-16-21(17(2)28(24-16)18-9-7-6-8-10-18)20-15-29-12-11-27(20)14-19-13-23-22(25(3)4)26(19)5/h6-10,13,20H,11-12,14-15H2,1-5H3. The minimum absolute atomic E-state index is 0.180. The van der Waals surface area contributed by atoms with E-state index in [1.54, 1.807) is 0 Å². The molecule has 1 aliphatic heterocycles. The van der Waals surface area contributed by atoms with Crippen molar-refractivity contribution in [3.8, 4) is 5.69 Å². The molecule has 0 saturated carbocycles. The van der Waals surface area contributed by atoms with E-state index in [-0.39, 0.29) is 6.04 Å². The van der Waals surface area contributed by atoms with Crippen molar-refractivity contribution in [3.05, 3.63) is 59.2 Å². The lowest BCUT2D eigenvalue weighted by Gasteiger charge is -2.36. The number of benzene rings is 1. The summed E-state index contributed by atoms with van der Waals surface area (Å²) in [5.74, 6) is 0.967. The third kappa shape index (κ3) is 3.68. The molecule has 7 nitrogen and oxygen atoms in total. The van der Waals surface area contributed by atoms with E-state index in [0.717, 1.165) is 37.0 Å². The van der Waals surface area contributed by atoms with Crippen molar-refractivity contribution in [2.75, 3.05) is 38.8 Å². The number of hydrogen-bond acceptors (Lipinski definition) is 5. The molecule has 1 atom stereocenters. The molecule has 1 fully saturated rings. The zero-order valence-electron chi connectivity index (χ0n) is 18.0. The number of nitrogens with zero attached hydrogens (tertiary/aromatic N) is 6. The van der Waals surface area contributed by atoms with Gasteiger partial charge in [0.05, 0.1) is 42.5 Å². The van der Waals surface area contributed by atoms with Gasteiger partial charge in [-0.1, -0.05) is 18.2 Å². The largest absolute Gasteiger partial charge is 0.378 e. The third-order valence-corrected chi connectivity index (χ3v) is 5.75. The number of para-hydroxylation sites is 1. The van der Waals surface area contributed by atoms with Crippen LogP contribution in [0.2, 0.25) is 0 Å². The maximum atomic E-state index is 5.89. The van der Waals surface area contributed by atoms with Crippen LogP contribution in [0.1, 0.15) is 28.7 Å². The Morgan fingerprint density at radius 2 is 1.93 bits per heavy atom. The van der Waals surface area contributed by atoms with Gasteiger partial charge in [-0.15, -0.1) is 0 Å². The maximum Gasteiger partial charge on any atom is 0.204 e. The zero-order chi connectivity index (χ0) is 20.5. The number of aryl methyl sites for hydroxylation is 1. The minimum Gasteiger partial charge on any atom is -0.378 e. The van der Waals surface area contributed by atoms with Crippen molar-refractivity contribution in [3.63, 3.8) is 0 Å². The fourth-order valence-corrected chi connectivity index (χ4v) is 4.26. The Bertz CT molecular complexity index is 975. The first-order chi connectivity index (χ1) is 14.0. The summed E-state index contributed by atoms with van der Waals surface area (Å²) >= 11 is 0. The average molecular weight is 395 g/mol. The molecule has 0 aliphatic carbocycles. The zero-order valence-corrected chi connectivity index (χ0v) is 18.0. The highest BCUT2D eigenvalue weighted by Gasteiger charge is 2.30. The van der Waals surface area contributed by atoms with Gasteiger partial charge in [0.15, 0.2) is 0 Å². The molecule has 0 bridgehead atoms. The first-order valence-corrected chi connectivity index (χ1v) is 10.1. The summed E-state index contributed by atoms with van der Waals surface area (Å²) in [5.41, 5.74) is 5.79. The molecule has 2 aromatic heterocycles. The third-order valence-electron chi connectivity index (χ3n) is 5.75. The van der Waals surface area contributed by atoms with Gasteiger partial charge in [0, 0.05) is 45.5 Å². The minimum atomic E-state index is 0.180. The van der Waals surface area contributed by atoms with Crippen molar-refractivity contribution in [2.45, 2.75) is 26.4 Å². The summed E-state index contributed by atoms with van der Waals surface area (Å²) in [6, 6.07) is 10.5. The Kier molecular flexibility index (Phi) is 5.43. The van der Waals surface area contributed by atoms with Crippen molar-refractivity contribution < 1.29 is 4.74 Å². The smallest absolute Gasteiger partial charge is 0.204 e. The maximum absolute atomic E-state index is 5.89. The first-order valence-electron chi connectivity index (χ1n) is 10.1. The second kappa shape index (κ2) is 8.00. The lowest BCUT2D eigenvalue weighted by atomic mass is 10.0. The molecule has 3 heterocycles. The highest BCUT2D eigenvalue weighted by Crippen LogP contribution is 2.32. The van der Waals surface area contributed by atoms with Crippen LogP contribution in [0.25, 0.3) is 5.69 Å². The summed E-state index contributed by atoms with van der Waals surface area (Å²) in [6.45, 7) is 7.41. The molecular formula is C22H30N6O. The quantitative estimate of drug-likeness (QED) is 0.666. The Morgan fingerprint density at radius 1 is 1.17 bits per heavy atom. The number of hydrogen-bond donors (Lipinski definition) is 0. The summed E-state index contributed by atoms with van der Waals surface area (Å²) in [4.78, 5) is 9.10. The van der Waals surface area contributed by atoms with E-state index in [0.29, 0.717) is 6.61 Å². The van der Waals surface area contributed by atoms with Crippen LogP contribution < -0.4 is 4.90 Å². The SMILES string of the molecule is Cc1nn(-c2ccccc2)c(C)c1C1COCCN1Cc1cnc(N(C)C)n1C. The van der Waals surface area contributed by atoms with Crippen molar-refractivity contribution in [1.82, 2.24) is 24.2 Å². The number of rotatable bonds is 5. The van der Waals surface area contributed by atoms with Gasteiger partial charge in [-0.05, 0) is 26.0 Å². The highest BCUT2D eigenvalue weighted by molar-refractivity contribution is 5.38. The van der Waals surface area contributed by atoms with Crippen LogP contribution in [0.3, 0.4) is 0 Å². The summed E-state index contributed by atoms with van der Waals surface area (Å²) < 4.78 is 10.1. The van der Waals surface area contributed by atoms with Gasteiger partial charge in [0.1, 0.15) is 0 Å². The first kappa shape index (κ1) is 19.7. The van der Waals surface area contributed by atoms with E-state index in [9.17, 15) is 0 Å². The fourth-order valence-electron chi connectivity index (χ4n) is 4.26. The van der Waals surface area contributed by atoms with Crippen LogP contribution in [0.15, 0.2) is 36.5 Å². The van der Waals surface area contributed by atoms with E-state index >= 15 is 0 Å². The van der Waals surface area contributed by atoms with E-state index in [4.69, 9.17) is 9.84 Å². The molecule has 154 valence electrons. The van der Waals surface area contributed by atoms with Crippen LogP contribution in [0, 0.1) is 13.8 Å². The fraction of sp³-hybridized carbons (Fsp3) is 0.455. The normalized spacial score (nSPS) is 17.6. The van der Waals surface area contributed by atoms with Gasteiger partial charge in [-0.2, -0.15) is 5.10 Å². The van der Waals surface area contributed by atoms with Crippen LogP contribution >= 0.6 is 0 Å². The molecule has 0 spiro atoms. The summed E-state index contributed by atoms with van der Waals surface area (Å²) in [7, 11) is 6.12. The molecule has 0 radical (unpaired) electrons. The van der Waals surface area contributed by atoms with Gasteiger partial charge in [0.2, 0.25) is 5.95 Å². The molecule has 1 saturated heterocycles. The van der Waals surface area contributed by atoms with Crippen molar-refractivity contribution in [1.29, 1.82) is 0 Å². The van der Waals surface area contributed by atoms with E-state index in [1.165, 1.54) is 17.0 Å². The number of morpholine rings is 1. The van der Waals surface area contributed by atoms with E-state index in [1.807, 2.05) is 48.1 Å². The molecule has 1 unspecified atom stereocenters. The van der Waals surface area contributed by atoms with Crippen molar-refractivity contribution >= 4 is 5.95 Å². The lowest BCUT2D eigenvalue weighted by molar-refractivity contribution is -0.0140. The molecule has 0 N–H and O–H groups in total. The Balaban J connectivity index is 1.66. The van der Waals surface area contributed by atoms with Gasteiger partial charge < -0.3 is 14.2 Å². The molecule has 1 aromatic carbocycles. The monoisotopic (exact) mass is 394 g/mol. The molecule has 1 aliphatic rings. The summed E-state index contributed by atoms with van der Waals surface area (Å²) in [6.07, 6.45) is 1.98. The topological polar surface area (TPSA) is 51.4 Å². The number of anilines is 1. The van der Waals surface area contributed by atoms with Gasteiger partial charge in [0.25, 0.3) is 0 Å². The van der Waals surface area contributed by atoms with E-state index in [2.05, 4.69) is 47.5 Å². The van der Waals surface area contributed by atoms with Gasteiger partial charge in [-0.3, -0.25) is 4.90 Å². The average Bonchev–Trinajstić information content (AvgIpc) is 3.22. The van der Waals surface area contributed by atoms with Gasteiger partial charge in [-0.25, -0.2) is 9.67 Å². The number of imidazole rings is 1. The molecular weight excluding hydrogens is 364 g/mol. The van der Waals surface area contributed by atoms with Crippen molar-refractivity contribution in [2.24, 2.45) is 7.05 Å². The molecule has 7 heteroatoms. The molecule has 29 heavy (non-hydrogen) atoms. The lowest BCUT2D eigenvalue weighted by Crippen LogP contribution is -2.39. The Hall–Kier alpha value is -2.64. The second-order valence-corrected chi connectivity index (χ2v) is 7.90. The predicted molar refractivity (Wildman–Crippen MR) is 115 cm³/mol. The number of ether oxygens (including phenoxy) is 1. The second-order valence-electron chi connectivity index (χ2n) is 7.90. The van der Waals surface area contributed by atoms with Crippen LogP contribution in [0.4, 0.5) is 5.95 Å². The Labute approximate surface area is 172 Å². The van der Waals surface area contributed by atoms with Gasteiger partial charge >= 0.3 is 0 Å². The predicted octanol–water partition coefficient (Wildman–Crippen LogP) is 2.86. The number of aromatic nitrogens is 4. The van der Waals surface area contributed by atoms with E-state index < -0.39 is 0 Å². The summed E-state index contributed by atoms with van der Waals surface area (Å²) in [5, 5.41) is 4.85. The molecule has 0 amide bonds.